The molecule has 2 heterocycles. The number of hydrogen-bond acceptors (Lipinski definition) is 3. The first-order valence-electron chi connectivity index (χ1n) is 4.90. The third kappa shape index (κ3) is 2.59. The first kappa shape index (κ1) is 12.8. The Morgan fingerprint density at radius 1 is 1.22 bits per heavy atom. The predicted octanol–water partition coefficient (Wildman–Crippen LogP) is 3.52. The second kappa shape index (κ2) is 4.53. The molecular weight excluding hydrogens is 267 g/mol. The summed E-state index contributed by atoms with van der Waals surface area (Å²) in [6, 6.07) is 2.18. The van der Waals surface area contributed by atoms with Gasteiger partial charge in [0.05, 0.1) is 11.3 Å². The van der Waals surface area contributed by atoms with Gasteiger partial charge in [-0.15, -0.1) is 0 Å². The highest BCUT2D eigenvalue weighted by Gasteiger charge is 2.34. The topological polar surface area (TPSA) is 38.7 Å². The standard InChI is InChI=1S/C11H7ClF3N3/c1-6-17-9(4-10(12)18-6)7-5-16-3-2-8(7)11(13,14)15/h2-5H,1H3. The van der Waals surface area contributed by atoms with Gasteiger partial charge >= 0.3 is 6.18 Å². The molecule has 94 valence electrons. The number of pyridine rings is 1. The fraction of sp³-hybridized carbons (Fsp3) is 0.182. The molecule has 0 N–H and O–H groups in total. The van der Waals surface area contributed by atoms with Crippen LogP contribution in [-0.4, -0.2) is 15.0 Å². The van der Waals surface area contributed by atoms with E-state index in [1.807, 2.05) is 0 Å². The molecule has 0 atom stereocenters. The summed E-state index contributed by atoms with van der Waals surface area (Å²) >= 11 is 5.71. The molecule has 3 nitrogen and oxygen atoms in total. The summed E-state index contributed by atoms with van der Waals surface area (Å²) in [7, 11) is 0. The molecule has 0 spiro atoms. The van der Waals surface area contributed by atoms with Crippen molar-refractivity contribution in [2.24, 2.45) is 0 Å². The van der Waals surface area contributed by atoms with Gasteiger partial charge in [-0.05, 0) is 13.0 Å². The summed E-state index contributed by atoms with van der Waals surface area (Å²) < 4.78 is 38.5. The van der Waals surface area contributed by atoms with Crippen molar-refractivity contribution in [3.8, 4) is 11.3 Å². The summed E-state index contributed by atoms with van der Waals surface area (Å²) in [6.07, 6.45) is -2.27. The highest BCUT2D eigenvalue weighted by atomic mass is 35.5. The van der Waals surface area contributed by atoms with E-state index >= 15 is 0 Å². The minimum absolute atomic E-state index is 0.0921. The fourth-order valence-corrected chi connectivity index (χ4v) is 1.74. The van der Waals surface area contributed by atoms with Crippen molar-refractivity contribution in [1.82, 2.24) is 15.0 Å². The molecule has 0 radical (unpaired) electrons. The molecule has 0 fully saturated rings. The number of aryl methyl sites for hydroxylation is 1. The number of nitrogens with zero attached hydrogens (tertiary/aromatic N) is 3. The molecule has 2 aromatic heterocycles. The summed E-state index contributed by atoms with van der Waals surface area (Å²) in [4.78, 5) is 11.4. The van der Waals surface area contributed by atoms with Gasteiger partial charge in [-0.1, -0.05) is 11.6 Å². The van der Waals surface area contributed by atoms with E-state index in [4.69, 9.17) is 11.6 Å². The molecule has 0 amide bonds. The average molecular weight is 274 g/mol. The van der Waals surface area contributed by atoms with Crippen molar-refractivity contribution in [1.29, 1.82) is 0 Å². The SMILES string of the molecule is Cc1nc(Cl)cc(-c2cnccc2C(F)(F)F)n1. The van der Waals surface area contributed by atoms with Crippen LogP contribution in [0.15, 0.2) is 24.5 Å². The van der Waals surface area contributed by atoms with Crippen LogP contribution in [0, 0.1) is 6.92 Å². The minimum Gasteiger partial charge on any atom is -0.264 e. The van der Waals surface area contributed by atoms with Crippen LogP contribution >= 0.6 is 11.6 Å². The molecule has 0 saturated carbocycles. The Balaban J connectivity index is 2.64. The van der Waals surface area contributed by atoms with Gasteiger partial charge in [-0.3, -0.25) is 4.98 Å². The van der Waals surface area contributed by atoms with Gasteiger partial charge in [0.25, 0.3) is 0 Å². The third-order valence-corrected chi connectivity index (χ3v) is 2.40. The van der Waals surface area contributed by atoms with E-state index < -0.39 is 11.7 Å². The van der Waals surface area contributed by atoms with Gasteiger partial charge in [0.15, 0.2) is 0 Å². The highest BCUT2D eigenvalue weighted by molar-refractivity contribution is 6.29. The molecule has 0 aliphatic carbocycles. The predicted molar refractivity (Wildman–Crippen MR) is 60.0 cm³/mol. The van der Waals surface area contributed by atoms with Crippen LogP contribution in [0.1, 0.15) is 11.4 Å². The second-order valence-corrected chi connectivity index (χ2v) is 3.93. The normalized spacial score (nSPS) is 11.6. The Morgan fingerprint density at radius 2 is 1.94 bits per heavy atom. The highest BCUT2D eigenvalue weighted by Crippen LogP contribution is 2.36. The van der Waals surface area contributed by atoms with E-state index in [1.54, 1.807) is 6.92 Å². The van der Waals surface area contributed by atoms with Crippen molar-refractivity contribution in [3.63, 3.8) is 0 Å². The summed E-state index contributed by atoms with van der Waals surface area (Å²) in [5.41, 5.74) is -0.808. The molecule has 0 aliphatic heterocycles. The van der Waals surface area contributed by atoms with Crippen LogP contribution in [0.5, 0.6) is 0 Å². The third-order valence-electron chi connectivity index (χ3n) is 2.21. The molecular formula is C11H7ClF3N3. The Kier molecular flexibility index (Phi) is 3.21. The zero-order valence-corrected chi connectivity index (χ0v) is 9.92. The zero-order valence-electron chi connectivity index (χ0n) is 9.16. The number of alkyl halides is 3. The van der Waals surface area contributed by atoms with Crippen LogP contribution in [-0.2, 0) is 6.18 Å². The Hall–Kier alpha value is -1.69. The van der Waals surface area contributed by atoms with E-state index in [0.717, 1.165) is 18.5 Å². The lowest BCUT2D eigenvalue weighted by atomic mass is 10.1. The number of hydrogen-bond donors (Lipinski definition) is 0. The fourth-order valence-electron chi connectivity index (χ4n) is 1.51. The van der Waals surface area contributed by atoms with E-state index in [0.29, 0.717) is 5.82 Å². The van der Waals surface area contributed by atoms with Crippen molar-refractivity contribution in [3.05, 3.63) is 41.1 Å². The molecule has 7 heteroatoms. The van der Waals surface area contributed by atoms with Gasteiger partial charge in [-0.2, -0.15) is 13.2 Å². The van der Waals surface area contributed by atoms with E-state index in [2.05, 4.69) is 15.0 Å². The number of aromatic nitrogens is 3. The quantitative estimate of drug-likeness (QED) is 0.746. The van der Waals surface area contributed by atoms with Crippen LogP contribution < -0.4 is 0 Å². The molecule has 0 bridgehead atoms. The first-order chi connectivity index (χ1) is 8.38. The summed E-state index contributed by atoms with van der Waals surface area (Å²) in [6.45, 7) is 1.55. The van der Waals surface area contributed by atoms with Crippen molar-refractivity contribution in [2.75, 3.05) is 0 Å². The largest absolute Gasteiger partial charge is 0.417 e. The van der Waals surface area contributed by atoms with Gasteiger partial charge in [-0.25, -0.2) is 9.97 Å². The van der Waals surface area contributed by atoms with Gasteiger partial charge in [0, 0.05) is 24.0 Å². The van der Waals surface area contributed by atoms with Crippen LogP contribution in [0.2, 0.25) is 5.15 Å². The average Bonchev–Trinajstić information content (AvgIpc) is 2.26. The minimum atomic E-state index is -4.47. The van der Waals surface area contributed by atoms with Gasteiger partial charge in [0.2, 0.25) is 0 Å². The number of halogens is 4. The van der Waals surface area contributed by atoms with Crippen LogP contribution in [0.4, 0.5) is 13.2 Å². The maximum absolute atomic E-state index is 12.8. The molecule has 0 saturated heterocycles. The van der Waals surface area contributed by atoms with Crippen LogP contribution in [0.3, 0.4) is 0 Å². The van der Waals surface area contributed by atoms with Crippen LogP contribution in [0.25, 0.3) is 11.3 Å². The zero-order chi connectivity index (χ0) is 13.3. The molecule has 0 unspecified atom stereocenters. The number of rotatable bonds is 1. The molecule has 2 aromatic rings. The second-order valence-electron chi connectivity index (χ2n) is 3.54. The van der Waals surface area contributed by atoms with E-state index in [9.17, 15) is 13.2 Å². The molecule has 18 heavy (non-hydrogen) atoms. The maximum Gasteiger partial charge on any atom is 0.417 e. The summed E-state index contributed by atoms with van der Waals surface area (Å²) in [5.74, 6) is 0.300. The van der Waals surface area contributed by atoms with E-state index in [-0.39, 0.29) is 16.4 Å². The lowest BCUT2D eigenvalue weighted by Gasteiger charge is -2.11. The van der Waals surface area contributed by atoms with Gasteiger partial charge < -0.3 is 0 Å². The smallest absolute Gasteiger partial charge is 0.264 e. The Morgan fingerprint density at radius 3 is 2.56 bits per heavy atom. The Bertz CT molecular complexity index is 564. The molecule has 0 aromatic carbocycles. The lowest BCUT2D eigenvalue weighted by Crippen LogP contribution is -2.08. The maximum atomic E-state index is 12.8. The monoisotopic (exact) mass is 273 g/mol. The van der Waals surface area contributed by atoms with Crippen molar-refractivity contribution in [2.45, 2.75) is 13.1 Å². The van der Waals surface area contributed by atoms with Gasteiger partial charge in [0.1, 0.15) is 11.0 Å². The molecule has 0 aliphatic rings. The lowest BCUT2D eigenvalue weighted by molar-refractivity contribution is -0.137. The van der Waals surface area contributed by atoms with Crippen molar-refractivity contribution >= 4 is 11.6 Å². The van der Waals surface area contributed by atoms with Crippen molar-refractivity contribution < 1.29 is 13.2 Å². The first-order valence-corrected chi connectivity index (χ1v) is 5.28. The Labute approximate surface area is 106 Å². The molecule has 2 rings (SSSR count). The summed E-state index contributed by atoms with van der Waals surface area (Å²) in [5, 5.41) is 0.0921. The van der Waals surface area contributed by atoms with E-state index in [1.165, 1.54) is 6.07 Å².